The van der Waals surface area contributed by atoms with Crippen LogP contribution in [0.5, 0.6) is 0 Å². The van der Waals surface area contributed by atoms with Gasteiger partial charge in [-0.05, 0) is 51.6 Å². The van der Waals surface area contributed by atoms with E-state index in [1.54, 1.807) is 0 Å². The molecule has 0 bridgehead atoms. The number of likely N-dealkylation sites (tertiary alicyclic amines) is 1. The van der Waals surface area contributed by atoms with Crippen LogP contribution >= 0.6 is 0 Å². The maximum absolute atomic E-state index is 12.6. The van der Waals surface area contributed by atoms with Crippen LogP contribution in [-0.4, -0.2) is 82.0 Å². The second-order valence-corrected chi connectivity index (χ2v) is 8.61. The first-order valence-corrected chi connectivity index (χ1v) is 10.3. The van der Waals surface area contributed by atoms with Gasteiger partial charge in [0.05, 0.1) is 6.33 Å². The van der Waals surface area contributed by atoms with E-state index in [9.17, 15) is 4.79 Å². The monoisotopic (exact) mass is 359 g/mol. The highest BCUT2D eigenvalue weighted by Crippen LogP contribution is 2.35. The number of carbonyl (C=O) groups is 1. The second-order valence-electron chi connectivity index (χ2n) is 8.61. The van der Waals surface area contributed by atoms with E-state index in [-0.39, 0.29) is 5.54 Å². The van der Waals surface area contributed by atoms with Crippen LogP contribution in [0.4, 0.5) is 0 Å². The molecule has 3 fully saturated rings. The molecule has 2 saturated heterocycles. The predicted molar refractivity (Wildman–Crippen MR) is 102 cm³/mol. The minimum Gasteiger partial charge on any atom is -0.342 e. The summed E-state index contributed by atoms with van der Waals surface area (Å²) in [5.74, 6) is 1.18. The van der Waals surface area contributed by atoms with E-state index in [1.165, 1.54) is 12.8 Å². The molecular formula is C20H33N5O. The molecule has 1 aromatic rings. The van der Waals surface area contributed by atoms with E-state index in [2.05, 4.69) is 31.3 Å². The average molecular weight is 360 g/mol. The normalized spacial score (nSPS) is 28.7. The van der Waals surface area contributed by atoms with E-state index in [0.717, 1.165) is 77.4 Å². The second kappa shape index (κ2) is 7.69. The third-order valence-corrected chi connectivity index (χ3v) is 6.71. The van der Waals surface area contributed by atoms with Crippen LogP contribution in [0.25, 0.3) is 0 Å². The van der Waals surface area contributed by atoms with Gasteiger partial charge in [0.2, 0.25) is 5.91 Å². The van der Waals surface area contributed by atoms with Crippen LogP contribution in [0.15, 0.2) is 18.7 Å². The summed E-state index contributed by atoms with van der Waals surface area (Å²) >= 11 is 0. The van der Waals surface area contributed by atoms with Gasteiger partial charge in [-0.1, -0.05) is 0 Å². The van der Waals surface area contributed by atoms with Crippen molar-refractivity contribution in [2.75, 3.05) is 46.3 Å². The SMILES string of the molecule is CN1CCN(CCCn2ccnc2)C[C@@]12CCC(=O)N(CC1CC1)CC2. The third-order valence-electron chi connectivity index (χ3n) is 6.71. The van der Waals surface area contributed by atoms with Gasteiger partial charge in [0.25, 0.3) is 0 Å². The summed E-state index contributed by atoms with van der Waals surface area (Å²) in [5.41, 5.74) is 0.182. The van der Waals surface area contributed by atoms with Crippen molar-refractivity contribution in [3.8, 4) is 0 Å². The lowest BCUT2D eigenvalue weighted by Gasteiger charge is -2.49. The number of hydrogen-bond donors (Lipinski definition) is 0. The molecule has 6 nitrogen and oxygen atoms in total. The first-order valence-electron chi connectivity index (χ1n) is 10.3. The van der Waals surface area contributed by atoms with E-state index < -0.39 is 0 Å². The zero-order valence-corrected chi connectivity index (χ0v) is 16.1. The summed E-state index contributed by atoms with van der Waals surface area (Å²) in [7, 11) is 2.27. The molecule has 0 radical (unpaired) electrons. The highest BCUT2D eigenvalue weighted by atomic mass is 16.2. The topological polar surface area (TPSA) is 44.6 Å². The number of aromatic nitrogens is 2. The summed E-state index contributed by atoms with van der Waals surface area (Å²) < 4.78 is 2.16. The molecular weight excluding hydrogens is 326 g/mol. The number of likely N-dealkylation sites (N-methyl/N-ethyl adjacent to an activating group) is 1. The van der Waals surface area contributed by atoms with Crippen molar-refractivity contribution in [3.63, 3.8) is 0 Å². The fourth-order valence-corrected chi connectivity index (χ4v) is 4.67. The van der Waals surface area contributed by atoms with Gasteiger partial charge in [0, 0.05) is 63.6 Å². The summed E-state index contributed by atoms with van der Waals surface area (Å²) in [6.07, 6.45) is 12.4. The van der Waals surface area contributed by atoms with Gasteiger partial charge in [-0.15, -0.1) is 0 Å². The van der Waals surface area contributed by atoms with Gasteiger partial charge in [-0.3, -0.25) is 9.69 Å². The Morgan fingerprint density at radius 2 is 2.08 bits per heavy atom. The Bertz CT molecular complexity index is 599. The minimum atomic E-state index is 0.182. The Morgan fingerprint density at radius 3 is 2.85 bits per heavy atom. The van der Waals surface area contributed by atoms with Gasteiger partial charge in [-0.2, -0.15) is 0 Å². The van der Waals surface area contributed by atoms with E-state index >= 15 is 0 Å². The molecule has 1 amide bonds. The highest BCUT2D eigenvalue weighted by Gasteiger charge is 2.42. The Balaban J connectivity index is 1.33. The number of imidazole rings is 1. The third kappa shape index (κ3) is 4.12. The first kappa shape index (κ1) is 18.0. The highest BCUT2D eigenvalue weighted by molar-refractivity contribution is 5.76. The van der Waals surface area contributed by atoms with Crippen LogP contribution < -0.4 is 0 Å². The molecule has 0 N–H and O–H groups in total. The summed E-state index contributed by atoms with van der Waals surface area (Å²) in [6.45, 7) is 7.48. The lowest BCUT2D eigenvalue weighted by Crippen LogP contribution is -2.61. The Morgan fingerprint density at radius 1 is 1.19 bits per heavy atom. The fourth-order valence-electron chi connectivity index (χ4n) is 4.67. The van der Waals surface area contributed by atoms with Crippen LogP contribution in [0.3, 0.4) is 0 Å². The maximum atomic E-state index is 12.6. The summed E-state index contributed by atoms with van der Waals surface area (Å²) in [5, 5.41) is 0. The quantitative estimate of drug-likeness (QED) is 0.775. The number of aryl methyl sites for hydroxylation is 1. The Kier molecular flexibility index (Phi) is 5.32. The molecule has 4 rings (SSSR count). The van der Waals surface area contributed by atoms with Crippen molar-refractivity contribution in [2.24, 2.45) is 5.92 Å². The average Bonchev–Trinajstić information content (AvgIpc) is 3.34. The van der Waals surface area contributed by atoms with Crippen molar-refractivity contribution >= 4 is 5.91 Å². The number of carbonyl (C=O) groups excluding carboxylic acids is 1. The van der Waals surface area contributed by atoms with Crippen molar-refractivity contribution < 1.29 is 4.79 Å². The number of amides is 1. The van der Waals surface area contributed by atoms with Crippen molar-refractivity contribution in [1.29, 1.82) is 0 Å². The molecule has 1 spiro atoms. The van der Waals surface area contributed by atoms with Crippen molar-refractivity contribution in [1.82, 2.24) is 24.3 Å². The molecule has 3 aliphatic rings. The Hall–Kier alpha value is -1.40. The molecule has 26 heavy (non-hydrogen) atoms. The van der Waals surface area contributed by atoms with Crippen LogP contribution in [-0.2, 0) is 11.3 Å². The summed E-state index contributed by atoms with van der Waals surface area (Å²) in [4.78, 5) is 24.0. The molecule has 1 atom stereocenters. The lowest BCUT2D eigenvalue weighted by atomic mass is 9.86. The van der Waals surface area contributed by atoms with E-state index in [4.69, 9.17) is 0 Å². The molecule has 144 valence electrons. The van der Waals surface area contributed by atoms with Gasteiger partial charge >= 0.3 is 0 Å². The van der Waals surface area contributed by atoms with Crippen LogP contribution in [0, 0.1) is 5.92 Å². The molecule has 2 aliphatic heterocycles. The maximum Gasteiger partial charge on any atom is 0.222 e. The number of piperazine rings is 1. The molecule has 1 saturated carbocycles. The lowest BCUT2D eigenvalue weighted by molar-refractivity contribution is -0.131. The molecule has 3 heterocycles. The van der Waals surface area contributed by atoms with Gasteiger partial charge in [0.1, 0.15) is 0 Å². The van der Waals surface area contributed by atoms with Gasteiger partial charge in [-0.25, -0.2) is 4.98 Å². The summed E-state index contributed by atoms with van der Waals surface area (Å²) in [6, 6.07) is 0. The van der Waals surface area contributed by atoms with Gasteiger partial charge in [0.15, 0.2) is 0 Å². The number of nitrogens with zero attached hydrogens (tertiary/aromatic N) is 5. The zero-order chi connectivity index (χ0) is 18.0. The largest absolute Gasteiger partial charge is 0.342 e. The number of rotatable bonds is 6. The zero-order valence-electron chi connectivity index (χ0n) is 16.1. The van der Waals surface area contributed by atoms with E-state index in [0.29, 0.717) is 5.91 Å². The predicted octanol–water partition coefficient (Wildman–Crippen LogP) is 1.68. The molecule has 0 unspecified atom stereocenters. The van der Waals surface area contributed by atoms with Crippen LogP contribution in [0.2, 0.25) is 0 Å². The molecule has 1 aromatic heterocycles. The fraction of sp³-hybridized carbons (Fsp3) is 0.800. The first-order chi connectivity index (χ1) is 12.6. The molecule has 6 heteroatoms. The molecule has 0 aromatic carbocycles. The van der Waals surface area contributed by atoms with Crippen molar-refractivity contribution in [2.45, 2.75) is 50.6 Å². The van der Waals surface area contributed by atoms with Gasteiger partial charge < -0.3 is 14.4 Å². The van der Waals surface area contributed by atoms with E-state index in [1.807, 2.05) is 18.7 Å². The van der Waals surface area contributed by atoms with Crippen LogP contribution in [0.1, 0.15) is 38.5 Å². The standard InChI is InChI=1S/C20H33N5O/c1-22-13-14-23(9-2-10-24-12-8-21-17-24)16-20(22)6-5-19(26)25(11-7-20)15-18-3-4-18/h8,12,17-18H,2-7,9-11,13-16H2,1H3/t20-/m0/s1. The smallest absolute Gasteiger partial charge is 0.222 e. The Labute approximate surface area is 157 Å². The molecule has 1 aliphatic carbocycles. The minimum absolute atomic E-state index is 0.182. The van der Waals surface area contributed by atoms with Crippen molar-refractivity contribution in [3.05, 3.63) is 18.7 Å². The number of hydrogen-bond acceptors (Lipinski definition) is 4.